The molecular formula is C13H18ClNO. The molecule has 0 heterocycles. The summed E-state index contributed by atoms with van der Waals surface area (Å²) in [6.45, 7) is 2.75. The molecule has 88 valence electrons. The van der Waals surface area contributed by atoms with Gasteiger partial charge in [-0.05, 0) is 49.4 Å². The summed E-state index contributed by atoms with van der Waals surface area (Å²) in [5, 5.41) is 0.693. The second-order valence-corrected chi connectivity index (χ2v) is 5.05. The van der Waals surface area contributed by atoms with Crippen molar-refractivity contribution in [2.75, 3.05) is 6.61 Å². The van der Waals surface area contributed by atoms with Crippen LogP contribution in [0.15, 0.2) is 18.2 Å². The van der Waals surface area contributed by atoms with Crippen LogP contribution in [0.4, 0.5) is 0 Å². The van der Waals surface area contributed by atoms with Gasteiger partial charge in [0, 0.05) is 11.1 Å². The molecule has 0 saturated heterocycles. The maximum atomic E-state index is 6.02. The van der Waals surface area contributed by atoms with Gasteiger partial charge < -0.3 is 10.5 Å². The molecular weight excluding hydrogens is 222 g/mol. The van der Waals surface area contributed by atoms with Crippen molar-refractivity contribution in [1.29, 1.82) is 0 Å². The maximum absolute atomic E-state index is 6.02. The molecule has 2 N–H and O–H groups in total. The monoisotopic (exact) mass is 239 g/mol. The number of halogens is 1. The van der Waals surface area contributed by atoms with Crippen LogP contribution in [-0.2, 0) is 0 Å². The molecule has 3 heteroatoms. The van der Waals surface area contributed by atoms with Gasteiger partial charge >= 0.3 is 0 Å². The predicted octanol–water partition coefficient (Wildman–Crippen LogP) is 3.54. The lowest BCUT2D eigenvalue weighted by atomic mass is 9.86. The number of ether oxygens (including phenoxy) is 1. The molecule has 16 heavy (non-hydrogen) atoms. The quantitative estimate of drug-likeness (QED) is 0.872. The molecule has 0 spiro atoms. The van der Waals surface area contributed by atoms with E-state index in [2.05, 4.69) is 0 Å². The van der Waals surface area contributed by atoms with E-state index >= 15 is 0 Å². The Morgan fingerprint density at radius 1 is 1.44 bits per heavy atom. The van der Waals surface area contributed by atoms with E-state index in [4.69, 9.17) is 22.1 Å². The Hall–Kier alpha value is -0.730. The summed E-state index contributed by atoms with van der Waals surface area (Å²) >= 11 is 6.02. The Morgan fingerprint density at radius 3 is 2.75 bits per heavy atom. The van der Waals surface area contributed by atoms with Crippen molar-refractivity contribution in [1.82, 2.24) is 0 Å². The summed E-state index contributed by atoms with van der Waals surface area (Å²) in [6.07, 6.45) is 3.93. The molecule has 2 rings (SSSR count). The topological polar surface area (TPSA) is 35.2 Å². The van der Waals surface area contributed by atoms with E-state index in [9.17, 15) is 0 Å². The summed E-state index contributed by atoms with van der Waals surface area (Å²) in [7, 11) is 0. The number of benzene rings is 1. The second kappa shape index (κ2) is 5.07. The molecule has 1 atom stereocenters. The zero-order chi connectivity index (χ0) is 11.5. The molecule has 1 saturated carbocycles. The fourth-order valence-corrected chi connectivity index (χ4v) is 2.04. The molecule has 0 amide bonds. The smallest absolute Gasteiger partial charge is 0.121 e. The number of nitrogens with two attached hydrogens (primary N) is 1. The molecule has 1 unspecified atom stereocenters. The number of hydrogen-bond acceptors (Lipinski definition) is 2. The van der Waals surface area contributed by atoms with Crippen LogP contribution >= 0.6 is 11.6 Å². The molecule has 2 nitrogen and oxygen atoms in total. The van der Waals surface area contributed by atoms with E-state index in [1.54, 1.807) is 0 Å². The Kier molecular flexibility index (Phi) is 3.72. The average molecular weight is 240 g/mol. The van der Waals surface area contributed by atoms with Crippen LogP contribution in [0.2, 0.25) is 5.02 Å². The van der Waals surface area contributed by atoms with Gasteiger partial charge in [-0.3, -0.25) is 0 Å². The van der Waals surface area contributed by atoms with Crippen molar-refractivity contribution in [3.8, 4) is 5.75 Å². The van der Waals surface area contributed by atoms with E-state index in [0.29, 0.717) is 5.02 Å². The molecule has 0 radical (unpaired) electrons. The largest absolute Gasteiger partial charge is 0.493 e. The lowest BCUT2D eigenvalue weighted by molar-refractivity contribution is 0.180. The molecule has 1 aromatic carbocycles. The van der Waals surface area contributed by atoms with Gasteiger partial charge in [0.25, 0.3) is 0 Å². The van der Waals surface area contributed by atoms with Crippen molar-refractivity contribution < 1.29 is 4.74 Å². The van der Waals surface area contributed by atoms with E-state index < -0.39 is 0 Å². The summed E-state index contributed by atoms with van der Waals surface area (Å²) in [5.41, 5.74) is 6.85. The summed E-state index contributed by atoms with van der Waals surface area (Å²) in [4.78, 5) is 0. The molecule has 1 aliphatic carbocycles. The van der Waals surface area contributed by atoms with Gasteiger partial charge in [-0.25, -0.2) is 0 Å². The van der Waals surface area contributed by atoms with Crippen LogP contribution < -0.4 is 10.5 Å². The highest BCUT2D eigenvalue weighted by Crippen LogP contribution is 2.29. The van der Waals surface area contributed by atoms with Gasteiger partial charge in [-0.2, -0.15) is 0 Å². The lowest BCUT2D eigenvalue weighted by Gasteiger charge is -2.25. The first-order chi connectivity index (χ1) is 7.65. The molecule has 0 bridgehead atoms. The molecule has 0 aromatic heterocycles. The Labute approximate surface area is 102 Å². The summed E-state index contributed by atoms with van der Waals surface area (Å²) in [5.74, 6) is 1.57. The number of hydrogen-bond donors (Lipinski definition) is 1. The van der Waals surface area contributed by atoms with Gasteiger partial charge in [0.15, 0.2) is 0 Å². The average Bonchev–Trinajstić information content (AvgIpc) is 2.14. The van der Waals surface area contributed by atoms with Crippen LogP contribution in [0.3, 0.4) is 0 Å². The van der Waals surface area contributed by atoms with Crippen LogP contribution in [0.1, 0.15) is 37.8 Å². The highest BCUT2D eigenvalue weighted by molar-refractivity contribution is 6.30. The van der Waals surface area contributed by atoms with Crippen LogP contribution in [0.5, 0.6) is 5.75 Å². The number of rotatable bonds is 4. The van der Waals surface area contributed by atoms with Gasteiger partial charge in [-0.15, -0.1) is 0 Å². The molecule has 1 fully saturated rings. The van der Waals surface area contributed by atoms with Crippen molar-refractivity contribution >= 4 is 11.6 Å². The SMILES string of the molecule is CC(N)c1cc(Cl)cc(OCC2CCC2)c1. The summed E-state index contributed by atoms with van der Waals surface area (Å²) in [6, 6.07) is 5.72. The van der Waals surface area contributed by atoms with Gasteiger partial charge in [0.05, 0.1) is 6.61 Å². The van der Waals surface area contributed by atoms with Gasteiger partial charge in [-0.1, -0.05) is 18.0 Å². The van der Waals surface area contributed by atoms with Crippen molar-refractivity contribution in [3.63, 3.8) is 0 Å². The van der Waals surface area contributed by atoms with Gasteiger partial charge in [0.2, 0.25) is 0 Å². The Balaban J connectivity index is 2.01. The van der Waals surface area contributed by atoms with Gasteiger partial charge in [0.1, 0.15) is 5.75 Å². The minimum atomic E-state index is -0.00949. The minimum Gasteiger partial charge on any atom is -0.493 e. The molecule has 0 aliphatic heterocycles. The minimum absolute atomic E-state index is 0.00949. The Morgan fingerprint density at radius 2 is 2.19 bits per heavy atom. The summed E-state index contributed by atoms with van der Waals surface area (Å²) < 4.78 is 5.74. The maximum Gasteiger partial charge on any atom is 0.121 e. The van der Waals surface area contributed by atoms with Crippen molar-refractivity contribution in [2.45, 2.75) is 32.2 Å². The standard InChI is InChI=1S/C13H18ClNO/c1-9(15)11-5-12(14)7-13(6-11)16-8-10-3-2-4-10/h5-7,9-10H,2-4,8,15H2,1H3. The first-order valence-corrected chi connectivity index (χ1v) is 6.22. The predicted molar refractivity (Wildman–Crippen MR) is 66.9 cm³/mol. The third kappa shape index (κ3) is 2.89. The highest BCUT2D eigenvalue weighted by Gasteiger charge is 2.18. The second-order valence-electron chi connectivity index (χ2n) is 4.62. The van der Waals surface area contributed by atoms with E-state index in [1.165, 1.54) is 19.3 Å². The van der Waals surface area contributed by atoms with E-state index in [-0.39, 0.29) is 6.04 Å². The third-order valence-corrected chi connectivity index (χ3v) is 3.35. The zero-order valence-corrected chi connectivity index (χ0v) is 10.3. The zero-order valence-electron chi connectivity index (χ0n) is 9.58. The third-order valence-electron chi connectivity index (χ3n) is 3.13. The first kappa shape index (κ1) is 11.7. The van der Waals surface area contributed by atoms with Crippen molar-refractivity contribution in [3.05, 3.63) is 28.8 Å². The van der Waals surface area contributed by atoms with E-state index in [0.717, 1.165) is 23.8 Å². The van der Waals surface area contributed by atoms with Crippen molar-refractivity contribution in [2.24, 2.45) is 11.7 Å². The molecule has 1 aliphatic rings. The normalized spacial score (nSPS) is 17.9. The van der Waals surface area contributed by atoms with Crippen LogP contribution in [-0.4, -0.2) is 6.61 Å². The fourth-order valence-electron chi connectivity index (χ4n) is 1.80. The van der Waals surface area contributed by atoms with Crippen LogP contribution in [0, 0.1) is 5.92 Å². The lowest BCUT2D eigenvalue weighted by Crippen LogP contribution is -2.19. The molecule has 1 aromatic rings. The first-order valence-electron chi connectivity index (χ1n) is 5.84. The van der Waals surface area contributed by atoms with E-state index in [1.807, 2.05) is 25.1 Å². The fraction of sp³-hybridized carbons (Fsp3) is 0.538. The highest BCUT2D eigenvalue weighted by atomic mass is 35.5. The van der Waals surface area contributed by atoms with Crippen LogP contribution in [0.25, 0.3) is 0 Å². The Bertz CT molecular complexity index is 361.